The van der Waals surface area contributed by atoms with Gasteiger partial charge in [-0.2, -0.15) is 4.31 Å². The van der Waals surface area contributed by atoms with Gasteiger partial charge < -0.3 is 15.2 Å². The number of methoxy groups -OCH3 is 2. The van der Waals surface area contributed by atoms with Gasteiger partial charge in [0.15, 0.2) is 11.5 Å². The van der Waals surface area contributed by atoms with Crippen molar-refractivity contribution in [1.29, 1.82) is 0 Å². The second-order valence-corrected chi connectivity index (χ2v) is 6.72. The van der Waals surface area contributed by atoms with Crippen LogP contribution in [0, 0.1) is 0 Å². The van der Waals surface area contributed by atoms with Crippen molar-refractivity contribution in [2.75, 3.05) is 27.3 Å². The predicted octanol–water partition coefficient (Wildman–Crippen LogP) is 0.816. The van der Waals surface area contributed by atoms with Crippen LogP contribution >= 0.6 is 0 Å². The van der Waals surface area contributed by atoms with Gasteiger partial charge in [0.2, 0.25) is 10.0 Å². The molecule has 2 N–H and O–H groups in total. The maximum absolute atomic E-state index is 12.6. The summed E-state index contributed by atoms with van der Waals surface area (Å²) < 4.78 is 36.8. The predicted molar refractivity (Wildman–Crippen MR) is 75.5 cm³/mol. The number of sulfonamides is 1. The van der Waals surface area contributed by atoms with E-state index in [-0.39, 0.29) is 10.9 Å². The zero-order valence-electron chi connectivity index (χ0n) is 11.7. The third kappa shape index (κ3) is 2.89. The van der Waals surface area contributed by atoms with Crippen LogP contribution in [0.3, 0.4) is 0 Å². The zero-order chi connectivity index (χ0) is 14.8. The fraction of sp³-hybridized carbons (Fsp3) is 0.538. The Morgan fingerprint density at radius 3 is 2.55 bits per heavy atom. The monoisotopic (exact) mass is 300 g/mol. The number of nitrogens with two attached hydrogens (primary N) is 1. The second-order valence-electron chi connectivity index (χ2n) is 4.78. The minimum atomic E-state index is -3.53. The van der Waals surface area contributed by atoms with Crippen LogP contribution in [0.1, 0.15) is 12.8 Å². The first-order valence-corrected chi connectivity index (χ1v) is 7.91. The number of benzene rings is 1. The van der Waals surface area contributed by atoms with Gasteiger partial charge in [0.1, 0.15) is 0 Å². The van der Waals surface area contributed by atoms with Crippen LogP contribution in [0.5, 0.6) is 11.5 Å². The SMILES string of the molecule is COc1ccc(S(=O)(=O)N2CCC[C@@H](N)C2)cc1OC. The van der Waals surface area contributed by atoms with Crippen molar-refractivity contribution >= 4 is 10.0 Å². The molecule has 1 aromatic rings. The Labute approximate surface area is 119 Å². The molecule has 1 aromatic carbocycles. The molecule has 1 aliphatic rings. The van der Waals surface area contributed by atoms with Crippen molar-refractivity contribution in [3.8, 4) is 11.5 Å². The molecule has 112 valence electrons. The number of hydrogen-bond donors (Lipinski definition) is 1. The van der Waals surface area contributed by atoms with Gasteiger partial charge in [-0.05, 0) is 25.0 Å². The lowest BCUT2D eigenvalue weighted by molar-refractivity contribution is 0.315. The first-order chi connectivity index (χ1) is 9.48. The molecule has 1 aliphatic heterocycles. The van der Waals surface area contributed by atoms with E-state index < -0.39 is 10.0 Å². The van der Waals surface area contributed by atoms with E-state index in [0.717, 1.165) is 12.8 Å². The molecule has 0 aromatic heterocycles. The first kappa shape index (κ1) is 15.1. The van der Waals surface area contributed by atoms with Crippen LogP contribution in [0.2, 0.25) is 0 Å². The van der Waals surface area contributed by atoms with E-state index in [4.69, 9.17) is 15.2 Å². The van der Waals surface area contributed by atoms with E-state index in [2.05, 4.69) is 0 Å². The Hall–Kier alpha value is -1.31. The molecule has 0 radical (unpaired) electrons. The maximum atomic E-state index is 12.6. The molecule has 1 saturated heterocycles. The summed E-state index contributed by atoms with van der Waals surface area (Å²) in [4.78, 5) is 0.198. The molecular formula is C13H20N2O4S. The minimum absolute atomic E-state index is 0.0985. The average molecular weight is 300 g/mol. The molecule has 0 saturated carbocycles. The van der Waals surface area contributed by atoms with Gasteiger partial charge in [0, 0.05) is 25.2 Å². The highest BCUT2D eigenvalue weighted by molar-refractivity contribution is 7.89. The van der Waals surface area contributed by atoms with E-state index in [1.165, 1.54) is 30.7 Å². The number of nitrogens with zero attached hydrogens (tertiary/aromatic N) is 1. The lowest BCUT2D eigenvalue weighted by Gasteiger charge is -2.30. The summed E-state index contributed by atoms with van der Waals surface area (Å²) >= 11 is 0. The molecule has 0 unspecified atom stereocenters. The standard InChI is InChI=1S/C13H20N2O4S/c1-18-12-6-5-11(8-13(12)19-2)20(16,17)15-7-3-4-10(14)9-15/h5-6,8,10H,3-4,7,9,14H2,1-2H3/t10-/m1/s1. The van der Waals surface area contributed by atoms with Gasteiger partial charge in [0.25, 0.3) is 0 Å². The van der Waals surface area contributed by atoms with Crippen molar-refractivity contribution in [2.24, 2.45) is 5.73 Å². The van der Waals surface area contributed by atoms with E-state index in [1.807, 2.05) is 0 Å². The first-order valence-electron chi connectivity index (χ1n) is 6.47. The fourth-order valence-corrected chi connectivity index (χ4v) is 3.87. The van der Waals surface area contributed by atoms with E-state index >= 15 is 0 Å². The lowest BCUT2D eigenvalue weighted by Crippen LogP contribution is -2.45. The summed E-state index contributed by atoms with van der Waals surface area (Å²) in [7, 11) is -0.548. The van der Waals surface area contributed by atoms with E-state index in [1.54, 1.807) is 6.07 Å². The number of rotatable bonds is 4. The Morgan fingerprint density at radius 2 is 1.95 bits per heavy atom. The number of piperidine rings is 1. The molecule has 6 nitrogen and oxygen atoms in total. The normalized spacial score (nSPS) is 20.6. The molecule has 0 amide bonds. The Kier molecular flexibility index (Phi) is 4.52. The molecule has 2 rings (SSSR count). The Bertz CT molecular complexity index is 574. The molecule has 1 atom stereocenters. The molecule has 7 heteroatoms. The van der Waals surface area contributed by atoms with Crippen molar-refractivity contribution in [2.45, 2.75) is 23.8 Å². The van der Waals surface area contributed by atoms with Crippen LogP contribution in [0.15, 0.2) is 23.1 Å². The summed E-state index contributed by atoms with van der Waals surface area (Å²) in [6.07, 6.45) is 1.64. The van der Waals surface area contributed by atoms with Crippen LogP contribution in [0.25, 0.3) is 0 Å². The second kappa shape index (κ2) is 5.99. The smallest absolute Gasteiger partial charge is 0.243 e. The molecule has 20 heavy (non-hydrogen) atoms. The lowest BCUT2D eigenvalue weighted by atomic mass is 10.1. The van der Waals surface area contributed by atoms with Gasteiger partial charge in [-0.15, -0.1) is 0 Å². The van der Waals surface area contributed by atoms with E-state index in [0.29, 0.717) is 24.6 Å². The van der Waals surface area contributed by atoms with Crippen LogP contribution < -0.4 is 15.2 Å². The Morgan fingerprint density at radius 1 is 1.25 bits per heavy atom. The molecular weight excluding hydrogens is 280 g/mol. The maximum Gasteiger partial charge on any atom is 0.243 e. The molecule has 0 aliphatic carbocycles. The summed E-state index contributed by atoms with van der Waals surface area (Å²) in [5.74, 6) is 0.900. The van der Waals surface area contributed by atoms with Gasteiger partial charge in [-0.1, -0.05) is 0 Å². The zero-order valence-corrected chi connectivity index (χ0v) is 12.5. The van der Waals surface area contributed by atoms with Crippen LogP contribution in [-0.2, 0) is 10.0 Å². The Balaban J connectivity index is 2.34. The highest BCUT2D eigenvalue weighted by Gasteiger charge is 2.29. The topological polar surface area (TPSA) is 81.9 Å². The summed E-state index contributed by atoms with van der Waals surface area (Å²) in [5, 5.41) is 0. The van der Waals surface area contributed by atoms with Gasteiger partial charge >= 0.3 is 0 Å². The molecule has 0 spiro atoms. The van der Waals surface area contributed by atoms with Crippen molar-refractivity contribution < 1.29 is 17.9 Å². The largest absolute Gasteiger partial charge is 0.493 e. The van der Waals surface area contributed by atoms with Gasteiger partial charge in [-0.25, -0.2) is 8.42 Å². The van der Waals surface area contributed by atoms with Crippen molar-refractivity contribution in [1.82, 2.24) is 4.31 Å². The number of ether oxygens (including phenoxy) is 2. The third-order valence-corrected chi connectivity index (χ3v) is 5.27. The summed E-state index contributed by atoms with van der Waals surface area (Å²) in [6.45, 7) is 0.862. The fourth-order valence-electron chi connectivity index (χ4n) is 2.32. The highest BCUT2D eigenvalue weighted by atomic mass is 32.2. The van der Waals surface area contributed by atoms with Gasteiger partial charge in [0.05, 0.1) is 19.1 Å². The van der Waals surface area contributed by atoms with Crippen molar-refractivity contribution in [3.05, 3.63) is 18.2 Å². The molecule has 1 heterocycles. The molecule has 1 fully saturated rings. The average Bonchev–Trinajstić information content (AvgIpc) is 2.46. The third-order valence-electron chi connectivity index (χ3n) is 3.41. The summed E-state index contributed by atoms with van der Waals surface area (Å²) in [6, 6.07) is 4.50. The van der Waals surface area contributed by atoms with E-state index in [9.17, 15) is 8.42 Å². The van der Waals surface area contributed by atoms with Gasteiger partial charge in [-0.3, -0.25) is 0 Å². The number of hydrogen-bond acceptors (Lipinski definition) is 5. The quantitative estimate of drug-likeness (QED) is 0.890. The minimum Gasteiger partial charge on any atom is -0.493 e. The highest BCUT2D eigenvalue weighted by Crippen LogP contribution is 2.31. The molecule has 0 bridgehead atoms. The van der Waals surface area contributed by atoms with Crippen molar-refractivity contribution in [3.63, 3.8) is 0 Å². The van der Waals surface area contributed by atoms with Crippen LogP contribution in [0.4, 0.5) is 0 Å². The summed E-state index contributed by atoms with van der Waals surface area (Å²) in [5.41, 5.74) is 5.85. The van der Waals surface area contributed by atoms with Crippen LogP contribution in [-0.4, -0.2) is 46.1 Å².